The van der Waals surface area contributed by atoms with Gasteiger partial charge in [-0.2, -0.15) is 4.72 Å². The Hall–Kier alpha value is -1.68. The van der Waals surface area contributed by atoms with E-state index in [1.807, 2.05) is 6.92 Å². The maximum Gasteiger partial charge on any atom is 0.347 e. The van der Waals surface area contributed by atoms with Crippen LogP contribution in [-0.2, 0) is 21.2 Å². The first kappa shape index (κ1) is 17.7. The van der Waals surface area contributed by atoms with Gasteiger partial charge < -0.3 is 14.3 Å². The van der Waals surface area contributed by atoms with Crippen LogP contribution in [0.2, 0.25) is 0 Å². The summed E-state index contributed by atoms with van der Waals surface area (Å²) in [7, 11) is -2.58. The van der Waals surface area contributed by atoms with Crippen LogP contribution in [0.4, 0.5) is 0 Å². The standard InChI is InChI=1S/C14H17NO6S2/c1-3-9-4-5-11(21-9)10(8-20-2)15-23(18,19)12-6-7-22-13(12)14(16)17/h4-7,10,15H,3,8H2,1-2H3,(H,16,17). The zero-order chi connectivity index (χ0) is 17.0. The summed E-state index contributed by atoms with van der Waals surface area (Å²) in [4.78, 5) is 10.6. The van der Waals surface area contributed by atoms with Crippen molar-refractivity contribution in [1.29, 1.82) is 0 Å². The van der Waals surface area contributed by atoms with Crippen LogP contribution in [0.3, 0.4) is 0 Å². The molecule has 0 aliphatic carbocycles. The Labute approximate surface area is 137 Å². The number of aryl methyl sites for hydroxylation is 1. The van der Waals surface area contributed by atoms with E-state index >= 15 is 0 Å². The molecule has 9 heteroatoms. The Morgan fingerprint density at radius 3 is 2.74 bits per heavy atom. The second-order valence-corrected chi connectivity index (χ2v) is 7.30. The summed E-state index contributed by atoms with van der Waals surface area (Å²) in [5.74, 6) is -0.142. The number of nitrogens with one attached hydrogen (secondary N) is 1. The summed E-state index contributed by atoms with van der Waals surface area (Å²) in [6, 6.07) is 3.96. The van der Waals surface area contributed by atoms with Crippen molar-refractivity contribution in [2.75, 3.05) is 13.7 Å². The molecule has 2 aromatic heterocycles. The monoisotopic (exact) mass is 359 g/mol. The van der Waals surface area contributed by atoms with Crippen molar-refractivity contribution in [2.45, 2.75) is 24.3 Å². The van der Waals surface area contributed by atoms with E-state index in [1.165, 1.54) is 18.6 Å². The Kier molecular flexibility index (Phi) is 5.58. The lowest BCUT2D eigenvalue weighted by atomic mass is 10.2. The molecule has 23 heavy (non-hydrogen) atoms. The number of hydrogen-bond donors (Lipinski definition) is 2. The molecule has 0 aliphatic heterocycles. The van der Waals surface area contributed by atoms with Crippen molar-refractivity contribution in [1.82, 2.24) is 4.72 Å². The third kappa shape index (κ3) is 3.99. The van der Waals surface area contributed by atoms with Gasteiger partial charge in [0, 0.05) is 13.5 Å². The Morgan fingerprint density at radius 2 is 2.17 bits per heavy atom. The van der Waals surface area contributed by atoms with Gasteiger partial charge in [0.25, 0.3) is 0 Å². The molecular weight excluding hydrogens is 342 g/mol. The summed E-state index contributed by atoms with van der Waals surface area (Å²) < 4.78 is 38.0. The largest absolute Gasteiger partial charge is 0.477 e. The molecule has 0 fully saturated rings. The van der Waals surface area contributed by atoms with E-state index in [4.69, 9.17) is 14.3 Å². The molecule has 2 N–H and O–H groups in total. The summed E-state index contributed by atoms with van der Waals surface area (Å²) in [6.07, 6.45) is 0.681. The maximum absolute atomic E-state index is 12.5. The van der Waals surface area contributed by atoms with Gasteiger partial charge in [0.1, 0.15) is 27.3 Å². The van der Waals surface area contributed by atoms with E-state index in [0.717, 1.165) is 17.1 Å². The summed E-state index contributed by atoms with van der Waals surface area (Å²) >= 11 is 0.855. The summed E-state index contributed by atoms with van der Waals surface area (Å²) in [5.41, 5.74) is 0. The quantitative estimate of drug-likeness (QED) is 0.749. The van der Waals surface area contributed by atoms with E-state index < -0.39 is 22.0 Å². The zero-order valence-corrected chi connectivity index (χ0v) is 14.2. The number of rotatable bonds is 8. The molecule has 0 saturated heterocycles. The second kappa shape index (κ2) is 7.26. The molecule has 1 unspecified atom stereocenters. The van der Waals surface area contributed by atoms with Crippen molar-refractivity contribution in [3.05, 3.63) is 40.0 Å². The number of sulfonamides is 1. The highest BCUT2D eigenvalue weighted by molar-refractivity contribution is 7.89. The van der Waals surface area contributed by atoms with Crippen LogP contribution < -0.4 is 4.72 Å². The SMILES string of the molecule is CCc1ccc(C(COC)NS(=O)(=O)c2ccsc2C(=O)O)o1. The molecule has 0 radical (unpaired) electrons. The molecule has 0 amide bonds. The van der Waals surface area contributed by atoms with E-state index in [9.17, 15) is 13.2 Å². The van der Waals surface area contributed by atoms with E-state index in [0.29, 0.717) is 12.2 Å². The minimum Gasteiger partial charge on any atom is -0.477 e. The average molecular weight is 359 g/mol. The Bertz CT molecular complexity index is 777. The third-order valence-electron chi connectivity index (χ3n) is 3.12. The maximum atomic E-state index is 12.5. The molecule has 0 saturated carbocycles. The highest BCUT2D eigenvalue weighted by Crippen LogP contribution is 2.25. The fourth-order valence-corrected chi connectivity index (χ4v) is 4.48. The highest BCUT2D eigenvalue weighted by Gasteiger charge is 2.28. The van der Waals surface area contributed by atoms with Crippen LogP contribution in [0.15, 0.2) is 32.9 Å². The predicted molar refractivity (Wildman–Crippen MR) is 84.3 cm³/mol. The molecule has 0 bridgehead atoms. The van der Waals surface area contributed by atoms with Crippen LogP contribution in [0.1, 0.15) is 34.2 Å². The van der Waals surface area contributed by atoms with E-state index in [1.54, 1.807) is 12.1 Å². The van der Waals surface area contributed by atoms with Crippen molar-refractivity contribution in [2.24, 2.45) is 0 Å². The first-order valence-corrected chi connectivity index (χ1v) is 9.16. The lowest BCUT2D eigenvalue weighted by molar-refractivity contribution is 0.0698. The number of furan rings is 1. The fraction of sp³-hybridized carbons (Fsp3) is 0.357. The normalized spacial score (nSPS) is 13.1. The predicted octanol–water partition coefficient (Wildman–Crippen LogP) is 2.27. The van der Waals surface area contributed by atoms with Crippen molar-refractivity contribution in [3.63, 3.8) is 0 Å². The first-order valence-electron chi connectivity index (χ1n) is 6.79. The summed E-state index contributed by atoms with van der Waals surface area (Å²) in [5, 5.41) is 10.5. The van der Waals surface area contributed by atoms with Gasteiger partial charge in [-0.3, -0.25) is 0 Å². The van der Waals surface area contributed by atoms with Gasteiger partial charge in [0.05, 0.1) is 6.61 Å². The average Bonchev–Trinajstić information content (AvgIpc) is 3.16. The van der Waals surface area contributed by atoms with Crippen LogP contribution in [0, 0.1) is 0 Å². The van der Waals surface area contributed by atoms with Crippen LogP contribution in [0.5, 0.6) is 0 Å². The number of hydrogen-bond acceptors (Lipinski definition) is 6. The molecule has 2 rings (SSSR count). The van der Waals surface area contributed by atoms with E-state index in [-0.39, 0.29) is 16.4 Å². The Balaban J connectivity index is 2.31. The molecular formula is C14H17NO6S2. The number of carboxylic acid groups (broad SMARTS) is 1. The minimum atomic E-state index is -4.02. The Morgan fingerprint density at radius 1 is 1.43 bits per heavy atom. The summed E-state index contributed by atoms with van der Waals surface area (Å²) in [6.45, 7) is 1.98. The van der Waals surface area contributed by atoms with Crippen molar-refractivity contribution >= 4 is 27.3 Å². The van der Waals surface area contributed by atoms with E-state index in [2.05, 4.69) is 4.72 Å². The number of carbonyl (C=O) groups is 1. The van der Waals surface area contributed by atoms with Crippen LogP contribution >= 0.6 is 11.3 Å². The minimum absolute atomic E-state index is 0.0580. The molecule has 1 atom stereocenters. The molecule has 2 aromatic rings. The second-order valence-electron chi connectivity index (χ2n) is 4.71. The van der Waals surface area contributed by atoms with Crippen molar-refractivity contribution in [3.8, 4) is 0 Å². The number of methoxy groups -OCH3 is 1. The first-order chi connectivity index (χ1) is 10.9. The highest BCUT2D eigenvalue weighted by atomic mass is 32.2. The molecule has 0 aliphatic rings. The fourth-order valence-electron chi connectivity index (χ4n) is 2.03. The van der Waals surface area contributed by atoms with Crippen LogP contribution in [-0.4, -0.2) is 33.2 Å². The molecule has 0 aromatic carbocycles. The van der Waals surface area contributed by atoms with Gasteiger partial charge >= 0.3 is 5.97 Å². The lowest BCUT2D eigenvalue weighted by Gasteiger charge is -2.16. The van der Waals surface area contributed by atoms with Crippen LogP contribution in [0.25, 0.3) is 0 Å². The number of aromatic carboxylic acids is 1. The number of carboxylic acids is 1. The topological polar surface area (TPSA) is 106 Å². The van der Waals surface area contributed by atoms with Crippen molar-refractivity contribution < 1.29 is 27.5 Å². The van der Waals surface area contributed by atoms with Gasteiger partial charge in [-0.15, -0.1) is 11.3 Å². The number of thiophene rings is 1. The molecule has 7 nitrogen and oxygen atoms in total. The van der Waals surface area contributed by atoms with Gasteiger partial charge in [-0.25, -0.2) is 13.2 Å². The van der Waals surface area contributed by atoms with Gasteiger partial charge in [0.15, 0.2) is 0 Å². The van der Waals surface area contributed by atoms with Gasteiger partial charge in [-0.1, -0.05) is 6.92 Å². The van der Waals surface area contributed by atoms with Gasteiger partial charge in [0.2, 0.25) is 10.0 Å². The molecule has 126 valence electrons. The zero-order valence-electron chi connectivity index (χ0n) is 12.6. The number of ether oxygens (including phenoxy) is 1. The third-order valence-corrected chi connectivity index (χ3v) is 5.66. The smallest absolute Gasteiger partial charge is 0.347 e. The lowest BCUT2D eigenvalue weighted by Crippen LogP contribution is -2.31. The molecule has 0 spiro atoms. The molecule has 2 heterocycles. The van der Waals surface area contributed by atoms with Gasteiger partial charge in [-0.05, 0) is 23.6 Å².